The van der Waals surface area contributed by atoms with Gasteiger partial charge < -0.3 is 10.4 Å². The number of aryl methyl sites for hydroxylation is 2. The van der Waals surface area contributed by atoms with E-state index in [4.69, 9.17) is 5.11 Å². The highest BCUT2D eigenvalue weighted by atomic mass is 16.4. The summed E-state index contributed by atoms with van der Waals surface area (Å²) in [5, 5.41) is 16.0. The number of amides is 1. The molecule has 0 saturated carbocycles. The van der Waals surface area contributed by atoms with E-state index in [9.17, 15) is 9.59 Å². The van der Waals surface area contributed by atoms with Gasteiger partial charge in [-0.15, -0.1) is 0 Å². The molecule has 0 bridgehead atoms. The molecule has 0 saturated heterocycles. The summed E-state index contributed by atoms with van der Waals surface area (Å²) in [6, 6.07) is 7.22. The van der Waals surface area contributed by atoms with Gasteiger partial charge in [0.05, 0.1) is 17.2 Å². The van der Waals surface area contributed by atoms with Gasteiger partial charge in [-0.2, -0.15) is 5.10 Å². The van der Waals surface area contributed by atoms with Crippen molar-refractivity contribution in [2.24, 2.45) is 13.0 Å². The van der Waals surface area contributed by atoms with E-state index in [-0.39, 0.29) is 5.91 Å². The van der Waals surface area contributed by atoms with Crippen LogP contribution in [0.3, 0.4) is 0 Å². The van der Waals surface area contributed by atoms with Gasteiger partial charge in [-0.25, -0.2) is 0 Å². The Hall–Kier alpha value is -2.63. The molecule has 6 heteroatoms. The molecule has 0 aliphatic rings. The van der Waals surface area contributed by atoms with Crippen LogP contribution in [0, 0.1) is 19.8 Å². The van der Waals surface area contributed by atoms with Crippen molar-refractivity contribution in [3.8, 4) is 0 Å². The Morgan fingerprint density at radius 3 is 2.35 bits per heavy atom. The minimum absolute atomic E-state index is 0.195. The molecular formula is C17H21N3O3. The van der Waals surface area contributed by atoms with Crippen LogP contribution in [0.5, 0.6) is 0 Å². The van der Waals surface area contributed by atoms with Crippen molar-refractivity contribution in [3.63, 3.8) is 0 Å². The Morgan fingerprint density at radius 2 is 1.87 bits per heavy atom. The SMILES string of the molecule is Cc1nn(C)c(C)c1C(=O)Nc1ccc(CC(C)C(=O)O)cc1. The van der Waals surface area contributed by atoms with Crippen molar-refractivity contribution in [2.45, 2.75) is 27.2 Å². The number of rotatable bonds is 5. The van der Waals surface area contributed by atoms with Gasteiger partial charge >= 0.3 is 5.97 Å². The summed E-state index contributed by atoms with van der Waals surface area (Å²) in [5.74, 6) is -1.44. The van der Waals surface area contributed by atoms with E-state index in [0.29, 0.717) is 23.4 Å². The Morgan fingerprint density at radius 1 is 1.26 bits per heavy atom. The lowest BCUT2D eigenvalue weighted by Crippen LogP contribution is -2.14. The number of benzene rings is 1. The maximum Gasteiger partial charge on any atom is 0.306 e. The third-order valence-electron chi connectivity index (χ3n) is 3.91. The van der Waals surface area contributed by atoms with Gasteiger partial charge in [0.2, 0.25) is 0 Å². The van der Waals surface area contributed by atoms with Gasteiger partial charge in [-0.3, -0.25) is 14.3 Å². The number of carboxylic acid groups (broad SMARTS) is 1. The zero-order chi connectivity index (χ0) is 17.1. The first-order valence-corrected chi connectivity index (χ1v) is 7.43. The number of hydrogen-bond donors (Lipinski definition) is 2. The lowest BCUT2D eigenvalue weighted by atomic mass is 10.0. The van der Waals surface area contributed by atoms with Crippen LogP contribution in [-0.2, 0) is 18.3 Å². The van der Waals surface area contributed by atoms with Gasteiger partial charge in [-0.05, 0) is 38.0 Å². The standard InChI is InChI=1S/C17H21N3O3/c1-10(17(22)23)9-13-5-7-14(8-6-13)18-16(21)15-11(2)19-20(4)12(15)3/h5-8,10H,9H2,1-4H3,(H,18,21)(H,22,23). The van der Waals surface area contributed by atoms with Crippen LogP contribution in [0.4, 0.5) is 5.69 Å². The smallest absolute Gasteiger partial charge is 0.306 e. The third-order valence-corrected chi connectivity index (χ3v) is 3.91. The molecule has 1 unspecified atom stereocenters. The van der Waals surface area contributed by atoms with E-state index >= 15 is 0 Å². The van der Waals surface area contributed by atoms with Crippen LogP contribution in [0.25, 0.3) is 0 Å². The number of aromatic nitrogens is 2. The fourth-order valence-corrected chi connectivity index (χ4v) is 2.46. The highest BCUT2D eigenvalue weighted by Crippen LogP contribution is 2.17. The zero-order valence-corrected chi connectivity index (χ0v) is 13.8. The number of hydrogen-bond acceptors (Lipinski definition) is 3. The number of carbonyl (C=O) groups excluding carboxylic acids is 1. The predicted molar refractivity (Wildman–Crippen MR) is 87.6 cm³/mol. The van der Waals surface area contributed by atoms with Crippen molar-refractivity contribution >= 4 is 17.6 Å². The molecule has 0 fully saturated rings. The summed E-state index contributed by atoms with van der Waals surface area (Å²) in [5.41, 5.74) is 3.67. The highest BCUT2D eigenvalue weighted by Gasteiger charge is 2.17. The van der Waals surface area contributed by atoms with Crippen LogP contribution in [0.2, 0.25) is 0 Å². The monoisotopic (exact) mass is 315 g/mol. The van der Waals surface area contributed by atoms with E-state index in [1.165, 1.54) is 0 Å². The second-order valence-corrected chi connectivity index (χ2v) is 5.76. The minimum Gasteiger partial charge on any atom is -0.481 e. The number of anilines is 1. The second-order valence-electron chi connectivity index (χ2n) is 5.76. The van der Waals surface area contributed by atoms with Crippen molar-refractivity contribution < 1.29 is 14.7 Å². The van der Waals surface area contributed by atoms with Gasteiger partial charge in [0, 0.05) is 18.4 Å². The van der Waals surface area contributed by atoms with Gasteiger partial charge in [-0.1, -0.05) is 19.1 Å². The molecule has 23 heavy (non-hydrogen) atoms. The Labute approximate surface area is 135 Å². The fourth-order valence-electron chi connectivity index (χ4n) is 2.46. The first kappa shape index (κ1) is 16.7. The van der Waals surface area contributed by atoms with Crippen LogP contribution >= 0.6 is 0 Å². The Balaban J connectivity index is 2.09. The summed E-state index contributed by atoms with van der Waals surface area (Å²) < 4.78 is 1.68. The molecule has 2 N–H and O–H groups in total. The van der Waals surface area contributed by atoms with Crippen LogP contribution in [0.15, 0.2) is 24.3 Å². The Bertz CT molecular complexity index is 732. The zero-order valence-electron chi connectivity index (χ0n) is 13.8. The summed E-state index contributed by atoms with van der Waals surface area (Å²) in [4.78, 5) is 23.3. The maximum atomic E-state index is 12.4. The van der Waals surface area contributed by atoms with Crippen LogP contribution in [-0.4, -0.2) is 26.8 Å². The first-order valence-electron chi connectivity index (χ1n) is 7.43. The largest absolute Gasteiger partial charge is 0.481 e. The molecule has 0 aliphatic heterocycles. The van der Waals surface area contributed by atoms with E-state index < -0.39 is 11.9 Å². The summed E-state index contributed by atoms with van der Waals surface area (Å²) in [6.07, 6.45) is 0.463. The molecule has 122 valence electrons. The molecule has 2 rings (SSSR count). The summed E-state index contributed by atoms with van der Waals surface area (Å²) in [6.45, 7) is 5.33. The van der Waals surface area contributed by atoms with Crippen molar-refractivity contribution in [3.05, 3.63) is 46.8 Å². The lowest BCUT2D eigenvalue weighted by molar-refractivity contribution is -0.141. The molecule has 1 aromatic carbocycles. The van der Waals surface area contributed by atoms with E-state index in [2.05, 4.69) is 10.4 Å². The van der Waals surface area contributed by atoms with E-state index in [0.717, 1.165) is 11.3 Å². The normalized spacial score (nSPS) is 12.0. The van der Waals surface area contributed by atoms with E-state index in [1.54, 1.807) is 37.7 Å². The molecule has 1 atom stereocenters. The lowest BCUT2D eigenvalue weighted by Gasteiger charge is -2.09. The molecule has 0 aliphatic carbocycles. The summed E-state index contributed by atoms with van der Waals surface area (Å²) in [7, 11) is 1.80. The highest BCUT2D eigenvalue weighted by molar-refractivity contribution is 6.05. The number of carboxylic acids is 1. The molecule has 0 spiro atoms. The minimum atomic E-state index is -0.815. The number of carbonyl (C=O) groups is 2. The molecule has 6 nitrogen and oxygen atoms in total. The second kappa shape index (κ2) is 6.64. The molecule has 1 heterocycles. The number of nitrogens with zero attached hydrogens (tertiary/aromatic N) is 2. The molecular weight excluding hydrogens is 294 g/mol. The van der Waals surface area contributed by atoms with Crippen LogP contribution < -0.4 is 5.32 Å². The number of aliphatic carboxylic acids is 1. The number of nitrogens with one attached hydrogen (secondary N) is 1. The fraction of sp³-hybridized carbons (Fsp3) is 0.353. The van der Waals surface area contributed by atoms with Crippen molar-refractivity contribution in [2.75, 3.05) is 5.32 Å². The average molecular weight is 315 g/mol. The van der Waals surface area contributed by atoms with E-state index in [1.807, 2.05) is 19.1 Å². The maximum absolute atomic E-state index is 12.4. The van der Waals surface area contributed by atoms with Crippen molar-refractivity contribution in [1.82, 2.24) is 9.78 Å². The third kappa shape index (κ3) is 3.77. The summed E-state index contributed by atoms with van der Waals surface area (Å²) >= 11 is 0. The average Bonchev–Trinajstić information content (AvgIpc) is 2.74. The first-order chi connectivity index (χ1) is 10.8. The van der Waals surface area contributed by atoms with Gasteiger partial charge in [0.25, 0.3) is 5.91 Å². The molecule has 0 radical (unpaired) electrons. The van der Waals surface area contributed by atoms with Crippen LogP contribution in [0.1, 0.15) is 34.2 Å². The Kier molecular flexibility index (Phi) is 4.83. The quantitative estimate of drug-likeness (QED) is 0.888. The van der Waals surface area contributed by atoms with Gasteiger partial charge in [0.1, 0.15) is 0 Å². The van der Waals surface area contributed by atoms with Gasteiger partial charge in [0.15, 0.2) is 0 Å². The predicted octanol–water partition coefficient (Wildman–Crippen LogP) is 2.55. The van der Waals surface area contributed by atoms with Crippen molar-refractivity contribution in [1.29, 1.82) is 0 Å². The molecule has 1 aromatic heterocycles. The molecule has 1 amide bonds. The molecule has 2 aromatic rings. The topological polar surface area (TPSA) is 84.2 Å².